The summed E-state index contributed by atoms with van der Waals surface area (Å²) < 4.78 is 5.46. The van der Waals surface area contributed by atoms with Gasteiger partial charge in [-0.3, -0.25) is 0 Å². The van der Waals surface area contributed by atoms with Crippen LogP contribution < -0.4 is 15.4 Å². The van der Waals surface area contributed by atoms with Crippen molar-refractivity contribution in [2.45, 2.75) is 32.2 Å². The third kappa shape index (κ3) is 3.41. The van der Waals surface area contributed by atoms with Crippen molar-refractivity contribution in [1.82, 2.24) is 5.32 Å². The summed E-state index contributed by atoms with van der Waals surface area (Å²) in [6.45, 7) is 2.44. The van der Waals surface area contributed by atoms with Gasteiger partial charge in [0.1, 0.15) is 5.75 Å². The Hall–Kier alpha value is -2.22. The number of amides is 2. The van der Waals surface area contributed by atoms with E-state index in [1.807, 2.05) is 25.1 Å². The molecule has 0 aliphatic heterocycles. The molecule has 0 aromatic heterocycles. The maximum Gasteiger partial charge on any atom is 0.319 e. The van der Waals surface area contributed by atoms with Crippen LogP contribution in [0.4, 0.5) is 10.5 Å². The Kier molecular flexibility index (Phi) is 4.83. The van der Waals surface area contributed by atoms with Gasteiger partial charge in [-0.2, -0.15) is 5.26 Å². The summed E-state index contributed by atoms with van der Waals surface area (Å²) in [4.78, 5) is 12.0. The molecule has 2 N–H and O–H groups in total. The van der Waals surface area contributed by atoms with E-state index >= 15 is 0 Å². The number of nitrogens with zero attached hydrogens (tertiary/aromatic N) is 1. The van der Waals surface area contributed by atoms with Gasteiger partial charge in [0.2, 0.25) is 0 Å². The zero-order valence-corrected chi connectivity index (χ0v) is 11.6. The van der Waals surface area contributed by atoms with Gasteiger partial charge in [0.15, 0.2) is 0 Å². The number of carbonyl (C=O) groups is 1. The molecule has 2 amide bonds. The molecule has 1 aliphatic carbocycles. The summed E-state index contributed by atoms with van der Waals surface area (Å²) in [5, 5.41) is 14.7. The largest absolute Gasteiger partial charge is 0.492 e. The van der Waals surface area contributed by atoms with Crippen LogP contribution in [0.15, 0.2) is 24.3 Å². The number of anilines is 1. The summed E-state index contributed by atoms with van der Waals surface area (Å²) in [6.07, 6.45) is 2.70. The Morgan fingerprint density at radius 1 is 1.45 bits per heavy atom. The van der Waals surface area contributed by atoms with Gasteiger partial charge in [-0.25, -0.2) is 4.79 Å². The van der Waals surface area contributed by atoms with Gasteiger partial charge in [-0.15, -0.1) is 0 Å². The topological polar surface area (TPSA) is 74.2 Å². The van der Waals surface area contributed by atoms with Gasteiger partial charge < -0.3 is 15.4 Å². The van der Waals surface area contributed by atoms with Crippen molar-refractivity contribution in [1.29, 1.82) is 5.26 Å². The molecule has 2 rings (SSSR count). The molecular formula is C15H19N3O2. The first-order chi connectivity index (χ1) is 9.74. The number of para-hydroxylation sites is 2. The molecule has 1 fully saturated rings. The van der Waals surface area contributed by atoms with Crippen LogP contribution in [0.2, 0.25) is 0 Å². The van der Waals surface area contributed by atoms with Crippen molar-refractivity contribution in [2.75, 3.05) is 11.9 Å². The monoisotopic (exact) mass is 273 g/mol. The highest BCUT2D eigenvalue weighted by molar-refractivity contribution is 5.91. The number of hydrogen-bond donors (Lipinski definition) is 2. The van der Waals surface area contributed by atoms with Gasteiger partial charge in [0, 0.05) is 6.04 Å². The summed E-state index contributed by atoms with van der Waals surface area (Å²) in [7, 11) is 0. The molecule has 2 unspecified atom stereocenters. The lowest BCUT2D eigenvalue weighted by Crippen LogP contribution is -2.39. The minimum absolute atomic E-state index is 0.0562. The Morgan fingerprint density at radius 3 is 3.00 bits per heavy atom. The van der Waals surface area contributed by atoms with Crippen molar-refractivity contribution in [3.05, 3.63) is 24.3 Å². The van der Waals surface area contributed by atoms with E-state index < -0.39 is 0 Å². The molecule has 20 heavy (non-hydrogen) atoms. The lowest BCUT2D eigenvalue weighted by molar-refractivity contribution is 0.247. The first kappa shape index (κ1) is 14.2. The van der Waals surface area contributed by atoms with Crippen molar-refractivity contribution in [3.63, 3.8) is 0 Å². The zero-order chi connectivity index (χ0) is 14.4. The van der Waals surface area contributed by atoms with Gasteiger partial charge in [0.05, 0.1) is 24.3 Å². The second kappa shape index (κ2) is 6.80. The summed E-state index contributed by atoms with van der Waals surface area (Å²) >= 11 is 0. The zero-order valence-electron chi connectivity index (χ0n) is 11.6. The lowest BCUT2D eigenvalue weighted by Gasteiger charge is -2.17. The summed E-state index contributed by atoms with van der Waals surface area (Å²) in [6, 6.07) is 9.21. The second-order valence-corrected chi connectivity index (χ2v) is 4.80. The number of carbonyl (C=O) groups excluding carboxylic acids is 1. The maximum absolute atomic E-state index is 12.0. The normalized spacial score (nSPS) is 21.0. The highest BCUT2D eigenvalue weighted by Gasteiger charge is 2.28. The first-order valence-corrected chi connectivity index (χ1v) is 6.93. The number of rotatable bonds is 4. The Balaban J connectivity index is 1.96. The molecule has 5 nitrogen and oxygen atoms in total. The molecule has 0 heterocycles. The number of nitrogens with one attached hydrogen (secondary N) is 2. The smallest absolute Gasteiger partial charge is 0.319 e. The molecule has 0 radical (unpaired) electrons. The minimum Gasteiger partial charge on any atom is -0.492 e. The van der Waals surface area contributed by atoms with Gasteiger partial charge in [-0.1, -0.05) is 12.1 Å². The van der Waals surface area contributed by atoms with Crippen LogP contribution in [-0.4, -0.2) is 18.7 Å². The summed E-state index contributed by atoms with van der Waals surface area (Å²) in [5.41, 5.74) is 0.637. The molecule has 0 spiro atoms. The molecule has 106 valence electrons. The van der Waals surface area contributed by atoms with Crippen LogP contribution in [0.1, 0.15) is 26.2 Å². The van der Waals surface area contributed by atoms with E-state index in [1.165, 1.54) is 0 Å². The average molecular weight is 273 g/mol. The molecule has 2 atom stereocenters. The van der Waals surface area contributed by atoms with Crippen LogP contribution >= 0.6 is 0 Å². The van der Waals surface area contributed by atoms with E-state index in [0.717, 1.165) is 19.3 Å². The standard InChI is InChI=1S/C15H19N3O2/c1-2-20-14-9-4-3-7-13(14)18-15(19)17-12-8-5-6-11(12)10-16/h3-4,7,9,11-12H,2,5-6,8H2,1H3,(H2,17,18,19). The Bertz CT molecular complexity index is 510. The van der Waals surface area contributed by atoms with Gasteiger partial charge in [-0.05, 0) is 38.3 Å². The fraction of sp³-hybridized carbons (Fsp3) is 0.467. The maximum atomic E-state index is 12.0. The number of hydrogen-bond acceptors (Lipinski definition) is 3. The SMILES string of the molecule is CCOc1ccccc1NC(=O)NC1CCCC1C#N. The fourth-order valence-corrected chi connectivity index (χ4v) is 2.47. The Morgan fingerprint density at radius 2 is 2.25 bits per heavy atom. The molecule has 5 heteroatoms. The predicted molar refractivity (Wildman–Crippen MR) is 76.5 cm³/mol. The van der Waals surface area contributed by atoms with E-state index in [2.05, 4.69) is 16.7 Å². The highest BCUT2D eigenvalue weighted by atomic mass is 16.5. The van der Waals surface area contributed by atoms with E-state index in [9.17, 15) is 4.79 Å². The van der Waals surface area contributed by atoms with Crippen LogP contribution in [0.5, 0.6) is 5.75 Å². The third-order valence-corrected chi connectivity index (χ3v) is 3.43. The molecule has 1 saturated carbocycles. The van der Waals surface area contributed by atoms with Crippen LogP contribution in [0.25, 0.3) is 0 Å². The van der Waals surface area contributed by atoms with Gasteiger partial charge >= 0.3 is 6.03 Å². The molecule has 0 bridgehead atoms. The molecule has 1 aromatic rings. The highest BCUT2D eigenvalue weighted by Crippen LogP contribution is 2.26. The van der Waals surface area contributed by atoms with Crippen molar-refractivity contribution in [3.8, 4) is 11.8 Å². The number of benzene rings is 1. The first-order valence-electron chi connectivity index (χ1n) is 6.93. The molecule has 1 aromatic carbocycles. The van der Waals surface area contributed by atoms with Crippen LogP contribution in [-0.2, 0) is 0 Å². The Labute approximate surface area is 118 Å². The van der Waals surface area contributed by atoms with Gasteiger partial charge in [0.25, 0.3) is 0 Å². The quantitative estimate of drug-likeness (QED) is 0.885. The fourth-order valence-electron chi connectivity index (χ4n) is 2.47. The average Bonchev–Trinajstić information content (AvgIpc) is 2.88. The predicted octanol–water partition coefficient (Wildman–Crippen LogP) is 2.90. The third-order valence-electron chi connectivity index (χ3n) is 3.43. The van der Waals surface area contributed by atoms with Crippen molar-refractivity contribution < 1.29 is 9.53 Å². The summed E-state index contributed by atoms with van der Waals surface area (Å²) in [5.74, 6) is 0.566. The number of nitriles is 1. The number of urea groups is 1. The second-order valence-electron chi connectivity index (χ2n) is 4.80. The molecule has 0 saturated heterocycles. The van der Waals surface area contributed by atoms with Crippen LogP contribution in [0, 0.1) is 17.2 Å². The van der Waals surface area contributed by atoms with Crippen molar-refractivity contribution >= 4 is 11.7 Å². The van der Waals surface area contributed by atoms with Crippen molar-refractivity contribution in [2.24, 2.45) is 5.92 Å². The minimum atomic E-state index is -0.288. The lowest BCUT2D eigenvalue weighted by atomic mass is 10.1. The van der Waals surface area contributed by atoms with E-state index in [1.54, 1.807) is 6.07 Å². The molecular weight excluding hydrogens is 254 g/mol. The van der Waals surface area contributed by atoms with Crippen LogP contribution in [0.3, 0.4) is 0 Å². The molecule has 1 aliphatic rings. The number of ether oxygens (including phenoxy) is 1. The van der Waals surface area contributed by atoms with E-state index in [4.69, 9.17) is 10.00 Å². The van der Waals surface area contributed by atoms with E-state index in [-0.39, 0.29) is 18.0 Å². The van der Waals surface area contributed by atoms with E-state index in [0.29, 0.717) is 18.0 Å².